The van der Waals surface area contributed by atoms with Crippen LogP contribution in [0.5, 0.6) is 5.75 Å². The van der Waals surface area contributed by atoms with E-state index in [0.717, 1.165) is 24.2 Å². The molecule has 0 spiro atoms. The molecule has 0 atom stereocenters. The van der Waals surface area contributed by atoms with Gasteiger partial charge >= 0.3 is 0 Å². The third-order valence-corrected chi connectivity index (χ3v) is 3.51. The first-order valence-corrected chi connectivity index (χ1v) is 5.64. The van der Waals surface area contributed by atoms with E-state index >= 15 is 0 Å². The molecule has 2 fully saturated rings. The Kier molecular flexibility index (Phi) is 1.84. The van der Waals surface area contributed by atoms with Crippen molar-refractivity contribution in [1.82, 2.24) is 0 Å². The van der Waals surface area contributed by atoms with Gasteiger partial charge in [-0.3, -0.25) is 0 Å². The number of hydrogen-bond donors (Lipinski definition) is 1. The SMILES string of the molecule is COc1cc(C2(O)CC2)ccc1C1CC1. The first-order valence-electron chi connectivity index (χ1n) is 5.64. The number of hydrogen-bond acceptors (Lipinski definition) is 2. The van der Waals surface area contributed by atoms with E-state index in [0.29, 0.717) is 5.92 Å². The summed E-state index contributed by atoms with van der Waals surface area (Å²) in [7, 11) is 1.71. The molecule has 0 aliphatic heterocycles. The maximum absolute atomic E-state index is 10.0. The van der Waals surface area contributed by atoms with E-state index in [1.165, 1.54) is 18.4 Å². The van der Waals surface area contributed by atoms with E-state index < -0.39 is 5.60 Å². The number of methoxy groups -OCH3 is 1. The summed E-state index contributed by atoms with van der Waals surface area (Å²) in [6.45, 7) is 0. The summed E-state index contributed by atoms with van der Waals surface area (Å²) in [5, 5.41) is 10.0. The Balaban J connectivity index is 1.98. The van der Waals surface area contributed by atoms with E-state index in [-0.39, 0.29) is 0 Å². The smallest absolute Gasteiger partial charge is 0.122 e. The van der Waals surface area contributed by atoms with Crippen molar-refractivity contribution in [3.63, 3.8) is 0 Å². The Hall–Kier alpha value is -1.02. The largest absolute Gasteiger partial charge is 0.496 e. The Morgan fingerprint density at radius 1 is 1.33 bits per heavy atom. The lowest BCUT2D eigenvalue weighted by Gasteiger charge is -2.13. The van der Waals surface area contributed by atoms with E-state index in [1.54, 1.807) is 7.11 Å². The Morgan fingerprint density at radius 2 is 2.07 bits per heavy atom. The van der Waals surface area contributed by atoms with Crippen LogP contribution in [0.2, 0.25) is 0 Å². The van der Waals surface area contributed by atoms with Crippen molar-refractivity contribution in [3.8, 4) is 5.75 Å². The van der Waals surface area contributed by atoms with Gasteiger partial charge in [-0.2, -0.15) is 0 Å². The van der Waals surface area contributed by atoms with Crippen molar-refractivity contribution in [1.29, 1.82) is 0 Å². The molecule has 2 nitrogen and oxygen atoms in total. The third kappa shape index (κ3) is 1.53. The second kappa shape index (κ2) is 2.99. The molecule has 0 saturated heterocycles. The highest BCUT2D eigenvalue weighted by Gasteiger charge is 2.42. The van der Waals surface area contributed by atoms with Crippen molar-refractivity contribution in [2.45, 2.75) is 37.2 Å². The molecule has 0 aromatic heterocycles. The van der Waals surface area contributed by atoms with Gasteiger partial charge in [0.15, 0.2) is 0 Å². The topological polar surface area (TPSA) is 29.5 Å². The summed E-state index contributed by atoms with van der Waals surface area (Å²) in [5.74, 6) is 1.65. The summed E-state index contributed by atoms with van der Waals surface area (Å²) in [6.07, 6.45) is 4.33. The number of aliphatic hydroxyl groups is 1. The predicted molar refractivity (Wildman–Crippen MR) is 58.1 cm³/mol. The van der Waals surface area contributed by atoms with Crippen LogP contribution in [0.4, 0.5) is 0 Å². The number of benzene rings is 1. The summed E-state index contributed by atoms with van der Waals surface area (Å²) >= 11 is 0. The lowest BCUT2D eigenvalue weighted by atomic mass is 10.0. The van der Waals surface area contributed by atoms with Gasteiger partial charge in [-0.1, -0.05) is 12.1 Å². The normalized spacial score (nSPS) is 22.5. The molecule has 0 bridgehead atoms. The van der Waals surface area contributed by atoms with E-state index in [4.69, 9.17) is 4.74 Å². The summed E-state index contributed by atoms with van der Waals surface area (Å²) in [4.78, 5) is 0. The number of ether oxygens (including phenoxy) is 1. The molecule has 15 heavy (non-hydrogen) atoms. The first-order chi connectivity index (χ1) is 7.23. The van der Waals surface area contributed by atoms with Gasteiger partial charge < -0.3 is 9.84 Å². The average molecular weight is 204 g/mol. The van der Waals surface area contributed by atoms with E-state index in [2.05, 4.69) is 12.1 Å². The average Bonchev–Trinajstić information content (AvgIpc) is 3.12. The van der Waals surface area contributed by atoms with Crippen molar-refractivity contribution in [2.75, 3.05) is 7.11 Å². The standard InChI is InChI=1S/C13H16O2/c1-15-12-8-10(13(14)6-7-13)4-5-11(12)9-2-3-9/h4-5,8-9,14H,2-3,6-7H2,1H3. The highest BCUT2D eigenvalue weighted by Crippen LogP contribution is 2.49. The van der Waals surface area contributed by atoms with Crippen LogP contribution in [0.25, 0.3) is 0 Å². The summed E-state index contributed by atoms with van der Waals surface area (Å²) < 4.78 is 5.40. The quantitative estimate of drug-likeness (QED) is 0.820. The van der Waals surface area contributed by atoms with Crippen LogP contribution >= 0.6 is 0 Å². The molecule has 3 rings (SSSR count). The highest BCUT2D eigenvalue weighted by molar-refractivity contribution is 5.44. The van der Waals surface area contributed by atoms with Crippen LogP contribution in [0, 0.1) is 0 Å². The molecule has 0 radical (unpaired) electrons. The minimum absolute atomic E-state index is 0.546. The molecule has 2 heteroatoms. The van der Waals surface area contributed by atoms with Crippen molar-refractivity contribution in [3.05, 3.63) is 29.3 Å². The van der Waals surface area contributed by atoms with Gasteiger partial charge in [0.1, 0.15) is 5.75 Å². The molecule has 1 N–H and O–H groups in total. The second-order valence-electron chi connectivity index (χ2n) is 4.76. The molecule has 0 heterocycles. The summed E-state index contributed by atoms with van der Waals surface area (Å²) in [6, 6.07) is 6.20. The van der Waals surface area contributed by atoms with Crippen LogP contribution in [-0.4, -0.2) is 12.2 Å². The van der Waals surface area contributed by atoms with Gasteiger partial charge in [0.05, 0.1) is 12.7 Å². The van der Waals surface area contributed by atoms with Crippen molar-refractivity contribution in [2.24, 2.45) is 0 Å². The fourth-order valence-corrected chi connectivity index (χ4v) is 2.14. The van der Waals surface area contributed by atoms with Crippen LogP contribution in [-0.2, 0) is 5.60 Å². The van der Waals surface area contributed by atoms with Gasteiger partial charge in [0.25, 0.3) is 0 Å². The van der Waals surface area contributed by atoms with E-state index in [9.17, 15) is 5.11 Å². The molecular formula is C13H16O2. The van der Waals surface area contributed by atoms with Crippen LogP contribution < -0.4 is 4.74 Å². The van der Waals surface area contributed by atoms with Gasteiger partial charge in [-0.15, -0.1) is 0 Å². The molecule has 2 saturated carbocycles. The Labute approximate surface area is 89.9 Å². The van der Waals surface area contributed by atoms with Gasteiger partial charge in [0.2, 0.25) is 0 Å². The van der Waals surface area contributed by atoms with Crippen molar-refractivity contribution >= 4 is 0 Å². The monoisotopic (exact) mass is 204 g/mol. The molecule has 1 aromatic rings. The second-order valence-corrected chi connectivity index (χ2v) is 4.76. The molecule has 0 amide bonds. The van der Waals surface area contributed by atoms with Crippen molar-refractivity contribution < 1.29 is 9.84 Å². The third-order valence-electron chi connectivity index (χ3n) is 3.51. The summed E-state index contributed by atoms with van der Waals surface area (Å²) in [5.41, 5.74) is 1.78. The van der Waals surface area contributed by atoms with Gasteiger partial charge in [0, 0.05) is 0 Å². The van der Waals surface area contributed by atoms with Crippen LogP contribution in [0.1, 0.15) is 42.7 Å². The fourth-order valence-electron chi connectivity index (χ4n) is 2.14. The molecule has 0 unspecified atom stereocenters. The lowest BCUT2D eigenvalue weighted by molar-refractivity contribution is 0.151. The minimum atomic E-state index is -0.546. The molecule has 2 aliphatic rings. The molecule has 80 valence electrons. The van der Waals surface area contributed by atoms with E-state index in [1.807, 2.05) is 6.07 Å². The van der Waals surface area contributed by atoms with Crippen LogP contribution in [0.3, 0.4) is 0 Å². The Bertz CT molecular complexity index is 390. The Morgan fingerprint density at radius 3 is 2.60 bits per heavy atom. The zero-order valence-electron chi connectivity index (χ0n) is 8.99. The zero-order chi connectivity index (χ0) is 10.5. The molecular weight excluding hydrogens is 188 g/mol. The maximum Gasteiger partial charge on any atom is 0.122 e. The maximum atomic E-state index is 10.0. The highest BCUT2D eigenvalue weighted by atomic mass is 16.5. The van der Waals surface area contributed by atoms with Gasteiger partial charge in [-0.05, 0) is 48.8 Å². The zero-order valence-corrected chi connectivity index (χ0v) is 8.99. The molecule has 1 aromatic carbocycles. The number of rotatable bonds is 3. The minimum Gasteiger partial charge on any atom is -0.496 e. The fraction of sp³-hybridized carbons (Fsp3) is 0.538. The molecule has 2 aliphatic carbocycles. The lowest BCUT2D eigenvalue weighted by Crippen LogP contribution is -2.05. The van der Waals surface area contributed by atoms with Crippen LogP contribution in [0.15, 0.2) is 18.2 Å². The predicted octanol–water partition coefficient (Wildman–Crippen LogP) is 2.55. The van der Waals surface area contributed by atoms with Gasteiger partial charge in [-0.25, -0.2) is 0 Å². The first kappa shape index (κ1) is 9.22.